The molecule has 2 rings (SSSR count). The first-order chi connectivity index (χ1) is 6.75. The number of hydrogen-bond donors (Lipinski definition) is 2. The fourth-order valence-electron chi connectivity index (χ4n) is 1.52. The summed E-state index contributed by atoms with van der Waals surface area (Å²) in [4.78, 5) is 10.8. The van der Waals surface area contributed by atoms with Crippen molar-refractivity contribution in [1.82, 2.24) is 5.32 Å². The van der Waals surface area contributed by atoms with Gasteiger partial charge in [-0.15, -0.1) is 0 Å². The molecule has 1 aliphatic heterocycles. The Balaban J connectivity index is 2.04. The number of rotatable bonds is 2. The van der Waals surface area contributed by atoms with Crippen LogP contribution in [-0.2, 0) is 11.2 Å². The quantitative estimate of drug-likeness (QED) is 0.685. The van der Waals surface area contributed by atoms with Crippen molar-refractivity contribution in [3.8, 4) is 0 Å². The molecule has 0 radical (unpaired) electrons. The van der Waals surface area contributed by atoms with Gasteiger partial charge in [-0.05, 0) is 18.1 Å². The van der Waals surface area contributed by atoms with Gasteiger partial charge in [-0.3, -0.25) is 0 Å². The number of benzene rings is 1. The van der Waals surface area contributed by atoms with Crippen LogP contribution in [0.15, 0.2) is 24.3 Å². The number of carbonyl (C=O) groups is 1. The first kappa shape index (κ1) is 8.87. The second kappa shape index (κ2) is 3.57. The van der Waals surface area contributed by atoms with E-state index < -0.39 is 0 Å². The summed E-state index contributed by atoms with van der Waals surface area (Å²) in [5, 5.41) is 2.71. The molecule has 1 amide bonds. The summed E-state index contributed by atoms with van der Waals surface area (Å²) >= 11 is 0. The number of ether oxygens (including phenoxy) is 1. The van der Waals surface area contributed by atoms with Crippen LogP contribution in [0.1, 0.15) is 5.56 Å². The molecule has 1 atom stereocenters. The minimum Gasteiger partial charge on any atom is -0.447 e. The molecule has 0 aromatic heterocycles. The van der Waals surface area contributed by atoms with E-state index in [0.717, 1.165) is 17.7 Å². The number of alkyl carbamates (subject to hydrolysis) is 1. The van der Waals surface area contributed by atoms with E-state index in [4.69, 9.17) is 10.5 Å². The number of para-hydroxylation sites is 1. The summed E-state index contributed by atoms with van der Waals surface area (Å²) in [6.07, 6.45) is 0.378. The third-order valence-corrected chi connectivity index (χ3v) is 2.26. The molecule has 74 valence electrons. The number of carbonyl (C=O) groups excluding carboxylic acids is 1. The number of hydrogen-bond acceptors (Lipinski definition) is 3. The molecule has 1 aromatic rings. The van der Waals surface area contributed by atoms with Crippen LogP contribution < -0.4 is 11.1 Å². The van der Waals surface area contributed by atoms with Crippen LogP contribution in [0.4, 0.5) is 10.5 Å². The monoisotopic (exact) mass is 192 g/mol. The fourth-order valence-corrected chi connectivity index (χ4v) is 1.52. The van der Waals surface area contributed by atoms with Crippen LogP contribution in [0.3, 0.4) is 0 Å². The van der Waals surface area contributed by atoms with Gasteiger partial charge in [0.1, 0.15) is 6.61 Å². The smallest absolute Gasteiger partial charge is 0.407 e. The predicted molar refractivity (Wildman–Crippen MR) is 52.8 cm³/mol. The van der Waals surface area contributed by atoms with E-state index in [0.29, 0.717) is 6.61 Å². The molecule has 14 heavy (non-hydrogen) atoms. The highest BCUT2D eigenvalue weighted by Crippen LogP contribution is 2.14. The minimum atomic E-state index is -0.343. The lowest BCUT2D eigenvalue weighted by molar-refractivity contribution is 0.177. The molecule has 0 bridgehead atoms. The number of nitrogens with one attached hydrogen (secondary N) is 1. The zero-order valence-electron chi connectivity index (χ0n) is 7.69. The molecule has 1 aromatic carbocycles. The van der Waals surface area contributed by atoms with Crippen LogP contribution >= 0.6 is 0 Å². The third kappa shape index (κ3) is 1.79. The van der Waals surface area contributed by atoms with Crippen molar-refractivity contribution in [1.29, 1.82) is 0 Å². The van der Waals surface area contributed by atoms with Crippen LogP contribution in [0, 0.1) is 0 Å². The Bertz CT molecular complexity index is 352. The van der Waals surface area contributed by atoms with Crippen LogP contribution in [0.2, 0.25) is 0 Å². The van der Waals surface area contributed by atoms with Gasteiger partial charge in [0.05, 0.1) is 6.04 Å². The van der Waals surface area contributed by atoms with Crippen molar-refractivity contribution in [3.63, 3.8) is 0 Å². The zero-order valence-corrected chi connectivity index (χ0v) is 7.69. The Morgan fingerprint density at radius 2 is 2.29 bits per heavy atom. The summed E-state index contributed by atoms with van der Waals surface area (Å²) in [5.74, 6) is 0. The average molecular weight is 192 g/mol. The standard InChI is InChI=1S/C10H12N2O2/c11-9-4-2-1-3-7(9)5-8-6-14-10(13)12-8/h1-4,8H,5-6,11H2,(H,12,13)/t8-/m0/s1. The Hall–Kier alpha value is -1.71. The highest BCUT2D eigenvalue weighted by atomic mass is 16.6. The number of nitrogen functional groups attached to an aromatic ring is 1. The molecule has 1 saturated heterocycles. The third-order valence-electron chi connectivity index (χ3n) is 2.26. The topological polar surface area (TPSA) is 64.3 Å². The predicted octanol–water partition coefficient (Wildman–Crippen LogP) is 0.920. The first-order valence-electron chi connectivity index (χ1n) is 4.52. The van der Waals surface area contributed by atoms with E-state index in [2.05, 4.69) is 5.32 Å². The Morgan fingerprint density at radius 3 is 2.93 bits per heavy atom. The number of cyclic esters (lactones) is 1. The molecule has 0 aliphatic carbocycles. The van der Waals surface area contributed by atoms with Gasteiger partial charge in [0.25, 0.3) is 0 Å². The molecular weight excluding hydrogens is 180 g/mol. The normalized spacial score (nSPS) is 20.3. The maximum absolute atomic E-state index is 10.8. The van der Waals surface area contributed by atoms with E-state index in [1.165, 1.54) is 0 Å². The molecule has 0 spiro atoms. The largest absolute Gasteiger partial charge is 0.447 e. The average Bonchev–Trinajstić information content (AvgIpc) is 2.56. The lowest BCUT2D eigenvalue weighted by atomic mass is 10.1. The van der Waals surface area contributed by atoms with Gasteiger partial charge >= 0.3 is 6.09 Å². The van der Waals surface area contributed by atoms with Gasteiger partial charge in [0, 0.05) is 5.69 Å². The molecule has 3 N–H and O–H groups in total. The summed E-state index contributed by atoms with van der Waals surface area (Å²) in [7, 11) is 0. The van der Waals surface area contributed by atoms with Gasteiger partial charge in [0.2, 0.25) is 0 Å². The lowest BCUT2D eigenvalue weighted by Gasteiger charge is -2.09. The molecule has 1 heterocycles. The van der Waals surface area contributed by atoms with E-state index in [1.54, 1.807) is 0 Å². The van der Waals surface area contributed by atoms with Crippen molar-refractivity contribution in [2.75, 3.05) is 12.3 Å². The number of amides is 1. The molecule has 4 heteroatoms. The molecule has 0 saturated carbocycles. The minimum absolute atomic E-state index is 0.0483. The van der Waals surface area contributed by atoms with Crippen molar-refractivity contribution in [3.05, 3.63) is 29.8 Å². The maximum Gasteiger partial charge on any atom is 0.407 e. The lowest BCUT2D eigenvalue weighted by Crippen LogP contribution is -2.28. The van der Waals surface area contributed by atoms with E-state index in [1.807, 2.05) is 24.3 Å². The van der Waals surface area contributed by atoms with Gasteiger partial charge in [-0.2, -0.15) is 0 Å². The highest BCUT2D eigenvalue weighted by molar-refractivity contribution is 5.69. The summed E-state index contributed by atoms with van der Waals surface area (Å²) in [6, 6.07) is 7.69. The zero-order chi connectivity index (χ0) is 9.97. The SMILES string of the molecule is Nc1ccccc1C[C@H]1COC(=O)N1. The maximum atomic E-state index is 10.8. The van der Waals surface area contributed by atoms with E-state index in [9.17, 15) is 4.79 Å². The van der Waals surface area contributed by atoms with Crippen LogP contribution in [-0.4, -0.2) is 18.7 Å². The Kier molecular flexibility index (Phi) is 2.26. The fraction of sp³-hybridized carbons (Fsp3) is 0.300. The van der Waals surface area contributed by atoms with Gasteiger partial charge < -0.3 is 15.8 Å². The molecular formula is C10H12N2O2. The summed E-state index contributed by atoms with van der Waals surface area (Å²) in [5.41, 5.74) is 7.58. The van der Waals surface area contributed by atoms with Crippen molar-refractivity contribution in [2.45, 2.75) is 12.5 Å². The molecule has 0 unspecified atom stereocenters. The summed E-state index contributed by atoms with van der Waals surface area (Å²) in [6.45, 7) is 0.424. The number of anilines is 1. The van der Waals surface area contributed by atoms with E-state index >= 15 is 0 Å². The molecule has 4 nitrogen and oxygen atoms in total. The number of nitrogens with two attached hydrogens (primary N) is 1. The second-order valence-electron chi connectivity index (χ2n) is 3.34. The molecule has 1 aliphatic rings. The van der Waals surface area contributed by atoms with Crippen molar-refractivity contribution in [2.24, 2.45) is 0 Å². The van der Waals surface area contributed by atoms with Gasteiger partial charge in [-0.25, -0.2) is 4.79 Å². The van der Waals surface area contributed by atoms with Crippen molar-refractivity contribution < 1.29 is 9.53 Å². The van der Waals surface area contributed by atoms with Crippen LogP contribution in [0.5, 0.6) is 0 Å². The molecule has 1 fully saturated rings. The van der Waals surface area contributed by atoms with Crippen LogP contribution in [0.25, 0.3) is 0 Å². The summed E-state index contributed by atoms with van der Waals surface area (Å²) < 4.78 is 4.79. The highest BCUT2D eigenvalue weighted by Gasteiger charge is 2.22. The van der Waals surface area contributed by atoms with Crippen molar-refractivity contribution >= 4 is 11.8 Å². The Labute approximate surface area is 82.1 Å². The second-order valence-corrected chi connectivity index (χ2v) is 3.34. The van der Waals surface area contributed by atoms with E-state index in [-0.39, 0.29) is 12.1 Å². The first-order valence-corrected chi connectivity index (χ1v) is 4.52. The Morgan fingerprint density at radius 1 is 1.50 bits per heavy atom. The van der Waals surface area contributed by atoms with Gasteiger partial charge in [-0.1, -0.05) is 18.2 Å². The van der Waals surface area contributed by atoms with Gasteiger partial charge in [0.15, 0.2) is 0 Å².